The van der Waals surface area contributed by atoms with E-state index in [1.54, 1.807) is 6.07 Å². The van der Waals surface area contributed by atoms with Gasteiger partial charge in [0.05, 0.1) is 24.4 Å². The number of aliphatic hydroxyl groups is 1. The first-order chi connectivity index (χ1) is 9.66. The van der Waals surface area contributed by atoms with Gasteiger partial charge >= 0.3 is 0 Å². The standard InChI is InChI=1S/C15H18N2O3/c1-11(18)10-16-8-3-9-20-13-5-2-4-12-6-7-14(19)17-15(12)13/h2,4-7,16,18H,1,3,8-10H2,(H,17,19). The van der Waals surface area contributed by atoms with Gasteiger partial charge in [-0.2, -0.15) is 0 Å². The third kappa shape index (κ3) is 3.86. The zero-order chi connectivity index (χ0) is 14.4. The van der Waals surface area contributed by atoms with Gasteiger partial charge in [0.2, 0.25) is 5.56 Å². The van der Waals surface area contributed by atoms with Crippen molar-refractivity contribution in [3.05, 3.63) is 53.0 Å². The molecule has 1 aromatic carbocycles. The Kier molecular flexibility index (Phi) is 4.79. The largest absolute Gasteiger partial charge is 0.512 e. The molecular weight excluding hydrogens is 256 g/mol. The van der Waals surface area contributed by atoms with Crippen LogP contribution in [0.3, 0.4) is 0 Å². The molecule has 0 aliphatic carbocycles. The Labute approximate surface area is 116 Å². The summed E-state index contributed by atoms with van der Waals surface area (Å²) in [5.41, 5.74) is 0.577. The first-order valence-electron chi connectivity index (χ1n) is 6.49. The molecule has 1 aromatic heterocycles. The van der Waals surface area contributed by atoms with Crippen LogP contribution >= 0.6 is 0 Å². The fourth-order valence-electron chi connectivity index (χ4n) is 1.88. The quantitative estimate of drug-likeness (QED) is 0.533. The number of rotatable bonds is 7. The van der Waals surface area contributed by atoms with Crippen molar-refractivity contribution in [2.75, 3.05) is 19.7 Å². The molecule has 2 aromatic rings. The van der Waals surface area contributed by atoms with E-state index in [4.69, 9.17) is 9.84 Å². The van der Waals surface area contributed by atoms with Crippen LogP contribution in [0.15, 0.2) is 47.5 Å². The maximum atomic E-state index is 11.4. The second kappa shape index (κ2) is 6.77. The van der Waals surface area contributed by atoms with Crippen molar-refractivity contribution in [1.29, 1.82) is 0 Å². The number of aromatic amines is 1. The molecule has 5 heteroatoms. The number of hydrogen-bond acceptors (Lipinski definition) is 4. The Bertz CT molecular complexity index is 649. The highest BCUT2D eigenvalue weighted by atomic mass is 16.5. The Hall–Kier alpha value is -2.27. The van der Waals surface area contributed by atoms with Crippen LogP contribution in [0.2, 0.25) is 0 Å². The Balaban J connectivity index is 1.91. The number of H-pyrrole nitrogens is 1. The minimum atomic E-state index is -0.142. The lowest BCUT2D eigenvalue weighted by Gasteiger charge is -2.09. The summed E-state index contributed by atoms with van der Waals surface area (Å²) in [5.74, 6) is 0.796. The van der Waals surface area contributed by atoms with Crippen LogP contribution in [0.1, 0.15) is 6.42 Å². The summed E-state index contributed by atoms with van der Waals surface area (Å²) in [6.45, 7) is 5.03. The van der Waals surface area contributed by atoms with Gasteiger partial charge in [-0.15, -0.1) is 0 Å². The molecule has 20 heavy (non-hydrogen) atoms. The third-order valence-corrected chi connectivity index (χ3v) is 2.81. The highest BCUT2D eigenvalue weighted by Crippen LogP contribution is 2.21. The molecule has 0 saturated heterocycles. The lowest BCUT2D eigenvalue weighted by Crippen LogP contribution is -2.19. The molecule has 106 valence electrons. The van der Waals surface area contributed by atoms with Crippen LogP contribution in [0.5, 0.6) is 5.75 Å². The van der Waals surface area contributed by atoms with E-state index in [1.165, 1.54) is 6.07 Å². The molecule has 0 unspecified atom stereocenters. The van der Waals surface area contributed by atoms with Gasteiger partial charge in [-0.25, -0.2) is 0 Å². The van der Waals surface area contributed by atoms with Gasteiger partial charge in [0.15, 0.2) is 0 Å². The molecular formula is C15H18N2O3. The Morgan fingerprint density at radius 3 is 3.00 bits per heavy atom. The highest BCUT2D eigenvalue weighted by Gasteiger charge is 2.02. The van der Waals surface area contributed by atoms with Crippen molar-refractivity contribution < 1.29 is 9.84 Å². The van der Waals surface area contributed by atoms with Gasteiger partial charge in [0.1, 0.15) is 5.75 Å². The lowest BCUT2D eigenvalue weighted by molar-refractivity contribution is 0.309. The minimum absolute atomic E-state index is 0.123. The van der Waals surface area contributed by atoms with E-state index >= 15 is 0 Å². The molecule has 1 heterocycles. The monoisotopic (exact) mass is 274 g/mol. The average Bonchev–Trinajstić information content (AvgIpc) is 2.42. The SMILES string of the molecule is C=C(O)CNCCCOc1cccc2ccc(=O)[nH]c12. The average molecular weight is 274 g/mol. The van der Waals surface area contributed by atoms with Gasteiger partial charge in [0.25, 0.3) is 0 Å². The number of aromatic nitrogens is 1. The summed E-state index contributed by atoms with van der Waals surface area (Å²) < 4.78 is 5.69. The second-order valence-corrected chi connectivity index (χ2v) is 4.49. The number of para-hydroxylation sites is 1. The van der Waals surface area contributed by atoms with E-state index < -0.39 is 0 Å². The van der Waals surface area contributed by atoms with Crippen molar-refractivity contribution in [1.82, 2.24) is 10.3 Å². The van der Waals surface area contributed by atoms with E-state index in [-0.39, 0.29) is 11.3 Å². The maximum Gasteiger partial charge on any atom is 0.248 e. The topological polar surface area (TPSA) is 74.3 Å². The molecule has 0 amide bonds. The van der Waals surface area contributed by atoms with Crippen molar-refractivity contribution in [3.8, 4) is 5.75 Å². The molecule has 0 fully saturated rings. The number of aliphatic hydroxyl groups excluding tert-OH is 1. The number of nitrogens with one attached hydrogen (secondary N) is 2. The zero-order valence-corrected chi connectivity index (χ0v) is 11.2. The van der Waals surface area contributed by atoms with Crippen LogP contribution in [0.4, 0.5) is 0 Å². The minimum Gasteiger partial charge on any atom is -0.512 e. The van der Waals surface area contributed by atoms with Gasteiger partial charge in [-0.1, -0.05) is 18.7 Å². The van der Waals surface area contributed by atoms with E-state index in [1.807, 2.05) is 18.2 Å². The predicted molar refractivity (Wildman–Crippen MR) is 79.3 cm³/mol. The fourth-order valence-corrected chi connectivity index (χ4v) is 1.88. The molecule has 0 saturated carbocycles. The molecule has 0 bridgehead atoms. The zero-order valence-electron chi connectivity index (χ0n) is 11.2. The first-order valence-corrected chi connectivity index (χ1v) is 6.49. The summed E-state index contributed by atoms with van der Waals surface area (Å²) in [6, 6.07) is 8.92. The molecule has 0 aliphatic rings. The van der Waals surface area contributed by atoms with E-state index in [2.05, 4.69) is 16.9 Å². The third-order valence-electron chi connectivity index (χ3n) is 2.81. The van der Waals surface area contributed by atoms with Crippen molar-refractivity contribution in [2.45, 2.75) is 6.42 Å². The van der Waals surface area contributed by atoms with Gasteiger partial charge in [-0.05, 0) is 25.1 Å². The molecule has 3 N–H and O–H groups in total. The Morgan fingerprint density at radius 2 is 2.20 bits per heavy atom. The van der Waals surface area contributed by atoms with Gasteiger partial charge < -0.3 is 20.1 Å². The van der Waals surface area contributed by atoms with Crippen molar-refractivity contribution in [2.24, 2.45) is 0 Å². The summed E-state index contributed by atoms with van der Waals surface area (Å²) >= 11 is 0. The molecule has 0 spiro atoms. The number of fused-ring (bicyclic) bond motifs is 1. The van der Waals surface area contributed by atoms with Gasteiger partial charge in [0, 0.05) is 11.5 Å². The van der Waals surface area contributed by atoms with Crippen LogP contribution < -0.4 is 15.6 Å². The van der Waals surface area contributed by atoms with Crippen molar-refractivity contribution >= 4 is 10.9 Å². The van der Waals surface area contributed by atoms with Crippen LogP contribution in [-0.2, 0) is 0 Å². The number of ether oxygens (including phenoxy) is 1. The second-order valence-electron chi connectivity index (χ2n) is 4.49. The summed E-state index contributed by atoms with van der Waals surface area (Å²) in [5, 5.41) is 12.9. The highest BCUT2D eigenvalue weighted by molar-refractivity contribution is 5.84. The maximum absolute atomic E-state index is 11.4. The Morgan fingerprint density at radius 1 is 1.35 bits per heavy atom. The lowest BCUT2D eigenvalue weighted by atomic mass is 10.2. The summed E-state index contributed by atoms with van der Waals surface area (Å²) in [4.78, 5) is 14.1. The number of hydrogen-bond donors (Lipinski definition) is 3. The van der Waals surface area contributed by atoms with Gasteiger partial charge in [-0.3, -0.25) is 4.79 Å². The smallest absolute Gasteiger partial charge is 0.248 e. The molecule has 0 radical (unpaired) electrons. The molecule has 5 nitrogen and oxygen atoms in total. The molecule has 2 rings (SSSR count). The summed E-state index contributed by atoms with van der Waals surface area (Å²) in [6.07, 6.45) is 0.792. The number of benzene rings is 1. The van der Waals surface area contributed by atoms with Crippen LogP contribution in [-0.4, -0.2) is 29.8 Å². The van der Waals surface area contributed by atoms with Crippen LogP contribution in [0.25, 0.3) is 10.9 Å². The normalized spacial score (nSPS) is 10.6. The van der Waals surface area contributed by atoms with Crippen molar-refractivity contribution in [3.63, 3.8) is 0 Å². The van der Waals surface area contributed by atoms with E-state index in [9.17, 15) is 4.79 Å². The molecule has 0 aliphatic heterocycles. The van der Waals surface area contributed by atoms with Crippen LogP contribution in [0, 0.1) is 0 Å². The number of pyridine rings is 1. The molecule has 0 atom stereocenters. The first kappa shape index (κ1) is 14.1. The predicted octanol–water partition coefficient (Wildman–Crippen LogP) is 1.96. The fraction of sp³-hybridized carbons (Fsp3) is 0.267. The summed E-state index contributed by atoms with van der Waals surface area (Å²) in [7, 11) is 0. The van der Waals surface area contributed by atoms with E-state index in [0.29, 0.717) is 18.9 Å². The van der Waals surface area contributed by atoms with E-state index in [0.717, 1.165) is 23.9 Å².